The molecule has 0 spiro atoms. The molecule has 5 rings (SSSR count). The van der Waals surface area contributed by atoms with Gasteiger partial charge in [0.25, 0.3) is 0 Å². The van der Waals surface area contributed by atoms with Gasteiger partial charge in [-0.05, 0) is 36.2 Å². The van der Waals surface area contributed by atoms with Gasteiger partial charge in [0.05, 0.1) is 23.8 Å². The van der Waals surface area contributed by atoms with Gasteiger partial charge >= 0.3 is 0 Å². The SMILES string of the molecule is O=C(CN1C(=O)CCSc2ccc(S(=O)(=O)N3CCOCC3)cc21)N1CCc2ccccc21. The van der Waals surface area contributed by atoms with Gasteiger partial charge in [-0.15, -0.1) is 11.8 Å². The molecule has 3 heterocycles. The van der Waals surface area contributed by atoms with Crippen LogP contribution in [-0.4, -0.2) is 69.7 Å². The molecule has 3 aliphatic heterocycles. The van der Waals surface area contributed by atoms with Crippen LogP contribution in [0.15, 0.2) is 52.3 Å². The Morgan fingerprint density at radius 2 is 1.79 bits per heavy atom. The van der Waals surface area contributed by atoms with Crippen LogP contribution in [0.4, 0.5) is 11.4 Å². The van der Waals surface area contributed by atoms with Crippen molar-refractivity contribution in [2.24, 2.45) is 0 Å². The van der Waals surface area contributed by atoms with E-state index in [9.17, 15) is 18.0 Å². The number of hydrogen-bond acceptors (Lipinski definition) is 6. The fourth-order valence-electron chi connectivity index (χ4n) is 4.44. The van der Waals surface area contributed by atoms with Gasteiger partial charge in [0.15, 0.2) is 0 Å². The minimum Gasteiger partial charge on any atom is -0.379 e. The van der Waals surface area contributed by atoms with Crippen LogP contribution in [0.2, 0.25) is 0 Å². The molecule has 0 bridgehead atoms. The van der Waals surface area contributed by atoms with E-state index in [0.29, 0.717) is 44.3 Å². The van der Waals surface area contributed by atoms with Gasteiger partial charge in [-0.2, -0.15) is 4.31 Å². The highest BCUT2D eigenvalue weighted by Gasteiger charge is 2.32. The summed E-state index contributed by atoms with van der Waals surface area (Å²) < 4.78 is 33.1. The predicted octanol–water partition coefficient (Wildman–Crippen LogP) is 2.13. The molecular weight excluding hydrogens is 462 g/mol. The van der Waals surface area contributed by atoms with Crippen molar-refractivity contribution >= 4 is 45.0 Å². The summed E-state index contributed by atoms with van der Waals surface area (Å²) in [7, 11) is -3.72. The lowest BCUT2D eigenvalue weighted by atomic mass is 10.2. The first-order valence-electron chi connectivity index (χ1n) is 11.0. The number of benzene rings is 2. The molecule has 8 nitrogen and oxygen atoms in total. The molecule has 0 aromatic heterocycles. The van der Waals surface area contributed by atoms with Crippen molar-refractivity contribution in [3.63, 3.8) is 0 Å². The molecule has 1 fully saturated rings. The fraction of sp³-hybridized carbons (Fsp3) is 0.391. The Hall–Kier alpha value is -2.40. The molecule has 10 heteroatoms. The second kappa shape index (κ2) is 9.09. The van der Waals surface area contributed by atoms with E-state index in [1.165, 1.54) is 21.0 Å². The summed E-state index contributed by atoms with van der Waals surface area (Å²) >= 11 is 1.50. The number of ether oxygens (including phenoxy) is 1. The first kappa shape index (κ1) is 22.4. The van der Waals surface area contributed by atoms with Crippen LogP contribution >= 0.6 is 11.8 Å². The second-order valence-electron chi connectivity index (χ2n) is 8.15. The third-order valence-corrected chi connectivity index (χ3v) is 9.14. The van der Waals surface area contributed by atoms with Crippen LogP contribution in [0.1, 0.15) is 12.0 Å². The molecule has 2 aromatic rings. The average molecular weight is 488 g/mol. The number of nitrogens with zero attached hydrogens (tertiary/aromatic N) is 3. The van der Waals surface area contributed by atoms with E-state index in [1.54, 1.807) is 23.1 Å². The standard InChI is InChI=1S/C23H25N3O5S2/c27-22-8-14-32-21-6-5-18(33(29,30)24-10-12-31-13-11-24)15-20(21)26(22)16-23(28)25-9-7-17-3-1-2-4-19(17)25/h1-6,15H,7-14,16H2. The van der Waals surface area contributed by atoms with Gasteiger partial charge in [0, 0.05) is 42.4 Å². The van der Waals surface area contributed by atoms with Crippen LogP contribution in [0.3, 0.4) is 0 Å². The highest BCUT2D eigenvalue weighted by molar-refractivity contribution is 7.99. The zero-order valence-corrected chi connectivity index (χ0v) is 19.7. The van der Waals surface area contributed by atoms with E-state index >= 15 is 0 Å². The number of carbonyl (C=O) groups excluding carboxylic acids is 2. The van der Waals surface area contributed by atoms with Crippen molar-refractivity contribution in [3.8, 4) is 0 Å². The number of thioether (sulfide) groups is 1. The number of carbonyl (C=O) groups is 2. The lowest BCUT2D eigenvalue weighted by Crippen LogP contribution is -2.43. The largest absolute Gasteiger partial charge is 0.379 e. The molecule has 2 amide bonds. The fourth-order valence-corrected chi connectivity index (χ4v) is 6.84. The van der Waals surface area contributed by atoms with Gasteiger partial charge in [-0.3, -0.25) is 9.59 Å². The van der Waals surface area contributed by atoms with Gasteiger partial charge in [0.1, 0.15) is 6.54 Å². The van der Waals surface area contributed by atoms with E-state index in [-0.39, 0.29) is 29.7 Å². The lowest BCUT2D eigenvalue weighted by Gasteiger charge is -2.28. The van der Waals surface area contributed by atoms with Crippen LogP contribution in [0.25, 0.3) is 0 Å². The summed E-state index contributed by atoms with van der Waals surface area (Å²) in [6, 6.07) is 12.7. The molecule has 0 N–H and O–H groups in total. The maximum atomic E-state index is 13.3. The van der Waals surface area contributed by atoms with Crippen molar-refractivity contribution in [3.05, 3.63) is 48.0 Å². The second-order valence-corrected chi connectivity index (χ2v) is 11.2. The average Bonchev–Trinajstić information content (AvgIpc) is 3.21. The summed E-state index contributed by atoms with van der Waals surface area (Å²) in [6.07, 6.45) is 1.07. The van der Waals surface area contributed by atoms with E-state index in [2.05, 4.69) is 0 Å². The molecule has 3 aliphatic rings. The maximum Gasteiger partial charge on any atom is 0.247 e. The van der Waals surface area contributed by atoms with Crippen LogP contribution < -0.4 is 9.80 Å². The Bertz CT molecular complexity index is 1190. The number of hydrogen-bond donors (Lipinski definition) is 0. The minimum atomic E-state index is -3.72. The molecule has 0 atom stereocenters. The third-order valence-electron chi connectivity index (χ3n) is 6.19. The number of sulfonamides is 1. The Kier molecular flexibility index (Phi) is 6.17. The molecule has 0 saturated carbocycles. The molecule has 0 radical (unpaired) electrons. The van der Waals surface area contributed by atoms with Gasteiger partial charge in [-0.25, -0.2) is 8.42 Å². The first-order chi connectivity index (χ1) is 15.9. The lowest BCUT2D eigenvalue weighted by molar-refractivity contribution is -0.122. The number of fused-ring (bicyclic) bond motifs is 2. The molecule has 2 aromatic carbocycles. The third kappa shape index (κ3) is 4.28. The Morgan fingerprint density at radius 3 is 2.61 bits per heavy atom. The normalized spacial score (nSPS) is 19.2. The van der Waals surface area contributed by atoms with Crippen LogP contribution in [-0.2, 0) is 30.8 Å². The van der Waals surface area contributed by atoms with Gasteiger partial charge < -0.3 is 14.5 Å². The van der Waals surface area contributed by atoms with Crippen LogP contribution in [0.5, 0.6) is 0 Å². The summed E-state index contributed by atoms with van der Waals surface area (Å²) in [5.74, 6) is 0.231. The maximum absolute atomic E-state index is 13.3. The van der Waals surface area contributed by atoms with Crippen molar-refractivity contribution < 1.29 is 22.7 Å². The Morgan fingerprint density at radius 1 is 1.00 bits per heavy atom. The summed E-state index contributed by atoms with van der Waals surface area (Å²) in [5.41, 5.74) is 2.48. The number of amides is 2. The highest BCUT2D eigenvalue weighted by Crippen LogP contribution is 2.37. The summed E-state index contributed by atoms with van der Waals surface area (Å²) in [6.45, 7) is 1.76. The summed E-state index contributed by atoms with van der Waals surface area (Å²) in [4.78, 5) is 30.4. The molecule has 0 aliphatic carbocycles. The van der Waals surface area contributed by atoms with E-state index in [0.717, 1.165) is 22.6 Å². The quantitative estimate of drug-likeness (QED) is 0.657. The summed E-state index contributed by atoms with van der Waals surface area (Å²) in [5, 5.41) is 0. The minimum absolute atomic E-state index is 0.123. The molecular formula is C23H25N3O5S2. The van der Waals surface area contributed by atoms with Crippen LogP contribution in [0, 0.1) is 0 Å². The number of rotatable bonds is 4. The Balaban J connectivity index is 1.46. The molecule has 33 heavy (non-hydrogen) atoms. The topological polar surface area (TPSA) is 87.2 Å². The molecule has 0 unspecified atom stereocenters. The smallest absolute Gasteiger partial charge is 0.247 e. The molecule has 174 valence electrons. The van der Waals surface area contributed by atoms with E-state index in [4.69, 9.17) is 4.74 Å². The zero-order chi connectivity index (χ0) is 23.0. The van der Waals surface area contributed by atoms with Gasteiger partial charge in [-0.1, -0.05) is 18.2 Å². The van der Waals surface area contributed by atoms with Crippen molar-refractivity contribution in [1.29, 1.82) is 0 Å². The first-order valence-corrected chi connectivity index (χ1v) is 13.4. The number of anilines is 2. The monoisotopic (exact) mass is 487 g/mol. The van der Waals surface area contributed by atoms with E-state index < -0.39 is 10.0 Å². The number of morpholine rings is 1. The zero-order valence-electron chi connectivity index (χ0n) is 18.1. The Labute approximate surface area is 197 Å². The highest BCUT2D eigenvalue weighted by atomic mass is 32.2. The molecule has 1 saturated heterocycles. The van der Waals surface area contributed by atoms with Crippen molar-refractivity contribution in [2.45, 2.75) is 22.6 Å². The van der Waals surface area contributed by atoms with Crippen molar-refractivity contribution in [1.82, 2.24) is 4.31 Å². The van der Waals surface area contributed by atoms with E-state index in [1.807, 2.05) is 24.3 Å². The van der Waals surface area contributed by atoms with Gasteiger partial charge in [0.2, 0.25) is 21.8 Å². The van der Waals surface area contributed by atoms with Crippen molar-refractivity contribution in [2.75, 3.05) is 54.9 Å². The predicted molar refractivity (Wildman–Crippen MR) is 126 cm³/mol. The number of para-hydroxylation sites is 1.